The molecular weight excluding hydrogens is 1290 g/mol. The fraction of sp³-hybridized carbons (Fsp3) is 0. The van der Waals surface area contributed by atoms with Gasteiger partial charge < -0.3 is 40.2 Å². The molecule has 0 radical (unpaired) electrons. The molecule has 24 rings (SSSR count). The molecule has 9 heterocycles. The van der Waals surface area contributed by atoms with Crippen LogP contribution in [0, 0.1) is 0 Å². The van der Waals surface area contributed by atoms with Crippen LogP contribution in [0.3, 0.4) is 0 Å². The maximum absolute atomic E-state index is 6.57. The van der Waals surface area contributed by atoms with Crippen molar-refractivity contribution in [1.82, 2.24) is 13.7 Å². The van der Waals surface area contributed by atoms with Crippen molar-refractivity contribution in [3.8, 4) is 50.4 Å². The zero-order valence-electron chi connectivity index (χ0n) is 56.2. The van der Waals surface area contributed by atoms with Gasteiger partial charge in [0.1, 0.15) is 66.8 Å². The van der Waals surface area contributed by atoms with E-state index in [0.717, 1.165) is 215 Å². The highest BCUT2D eigenvalue weighted by Crippen LogP contribution is 2.49. The molecule has 9 heteroatoms. The average Bonchev–Trinajstić information content (AvgIpc) is 1.56. The first-order chi connectivity index (χ1) is 52.1. The molecule has 0 bridgehead atoms. The SMILES string of the molecule is c1ccc(-n2c3ccccc3c3oc4cccc(-c5ccc6c(c5)oc5ccccc56)c4c32)cc1.c1ccc(-n2c3ccccc3c3oc4cccc(-c5ccc6oc7ccccc7c6c5)c4c32)cc1.c1ccc(-n2c3ccccc3c3oc4cccc(-c5cccc6oc7ccccc7c56)c4c32)cc1. The van der Waals surface area contributed by atoms with Gasteiger partial charge in [0.15, 0.2) is 16.7 Å². The van der Waals surface area contributed by atoms with E-state index in [9.17, 15) is 0 Å². The molecule has 0 saturated carbocycles. The summed E-state index contributed by atoms with van der Waals surface area (Å²) in [5, 5.41) is 13.5. The van der Waals surface area contributed by atoms with Crippen LogP contribution in [0.25, 0.3) is 215 Å². The third-order valence-electron chi connectivity index (χ3n) is 21.0. The van der Waals surface area contributed by atoms with Gasteiger partial charge in [-0.05, 0) is 173 Å². The highest BCUT2D eigenvalue weighted by atomic mass is 16.3. The third kappa shape index (κ3) is 8.95. The number of rotatable bonds is 6. The minimum atomic E-state index is 0.882. The third-order valence-corrected chi connectivity index (χ3v) is 21.0. The van der Waals surface area contributed by atoms with Crippen molar-refractivity contribution in [2.75, 3.05) is 0 Å². The van der Waals surface area contributed by atoms with E-state index in [2.05, 4.69) is 311 Å². The van der Waals surface area contributed by atoms with Crippen LogP contribution in [0.4, 0.5) is 0 Å². The highest BCUT2D eigenvalue weighted by Gasteiger charge is 2.27. The van der Waals surface area contributed by atoms with Gasteiger partial charge in [-0.3, -0.25) is 0 Å². The van der Waals surface area contributed by atoms with Crippen molar-refractivity contribution >= 4 is 165 Å². The van der Waals surface area contributed by atoms with Crippen LogP contribution in [0.5, 0.6) is 0 Å². The van der Waals surface area contributed by atoms with E-state index < -0.39 is 0 Å². The molecule has 0 fully saturated rings. The van der Waals surface area contributed by atoms with E-state index in [-0.39, 0.29) is 0 Å². The van der Waals surface area contributed by atoms with Gasteiger partial charge >= 0.3 is 0 Å². The molecule has 105 heavy (non-hydrogen) atoms. The number of aromatic nitrogens is 3. The molecule has 0 aliphatic heterocycles. The lowest BCUT2D eigenvalue weighted by Gasteiger charge is -2.10. The van der Waals surface area contributed by atoms with Gasteiger partial charge in [-0.2, -0.15) is 0 Å². The molecule has 0 spiro atoms. The Morgan fingerprint density at radius 1 is 0.171 bits per heavy atom. The van der Waals surface area contributed by atoms with E-state index in [4.69, 9.17) is 26.5 Å². The van der Waals surface area contributed by atoms with Crippen LogP contribution in [-0.4, -0.2) is 13.7 Å². The number of hydrogen-bond donors (Lipinski definition) is 0. The fourth-order valence-electron chi connectivity index (χ4n) is 16.6. The van der Waals surface area contributed by atoms with E-state index in [1.807, 2.05) is 48.5 Å². The van der Waals surface area contributed by atoms with Crippen LogP contribution in [0.15, 0.2) is 372 Å². The second-order valence-corrected chi connectivity index (χ2v) is 26.8. The summed E-state index contributed by atoms with van der Waals surface area (Å²) < 4.78 is 45.1. The topological polar surface area (TPSA) is 93.6 Å². The first-order valence-electron chi connectivity index (χ1n) is 35.4. The Morgan fingerprint density at radius 3 is 0.952 bits per heavy atom. The monoisotopic (exact) mass is 1350 g/mol. The lowest BCUT2D eigenvalue weighted by atomic mass is 9.96. The molecule has 0 saturated heterocycles. The number of para-hydroxylation sites is 9. The lowest BCUT2D eigenvalue weighted by molar-refractivity contribution is 0.668. The van der Waals surface area contributed by atoms with Crippen molar-refractivity contribution in [2.24, 2.45) is 0 Å². The number of benzene rings is 15. The van der Waals surface area contributed by atoms with Gasteiger partial charge in [0, 0.05) is 65.5 Å². The normalized spacial score (nSPS) is 12.0. The van der Waals surface area contributed by atoms with Crippen LogP contribution in [0.1, 0.15) is 0 Å². The Labute approximate surface area is 597 Å². The average molecular weight is 1350 g/mol. The van der Waals surface area contributed by atoms with Gasteiger partial charge in [-0.15, -0.1) is 0 Å². The molecule has 0 amide bonds. The van der Waals surface area contributed by atoms with Crippen molar-refractivity contribution in [2.45, 2.75) is 0 Å². The predicted octanol–water partition coefficient (Wildman–Crippen LogP) is 27.3. The fourth-order valence-corrected chi connectivity index (χ4v) is 16.6. The predicted molar refractivity (Wildman–Crippen MR) is 430 cm³/mol. The summed E-state index contributed by atoms with van der Waals surface area (Å²) >= 11 is 0. The lowest BCUT2D eigenvalue weighted by Crippen LogP contribution is -1.93. The minimum Gasteiger partial charge on any atom is -0.456 e. The summed E-state index contributed by atoms with van der Waals surface area (Å²) in [5.41, 5.74) is 27.6. The molecule has 24 aromatic rings. The van der Waals surface area contributed by atoms with Gasteiger partial charge in [-0.25, -0.2) is 0 Å². The maximum Gasteiger partial charge on any atom is 0.161 e. The second kappa shape index (κ2) is 23.1. The van der Waals surface area contributed by atoms with E-state index >= 15 is 0 Å². The van der Waals surface area contributed by atoms with Gasteiger partial charge in [-0.1, -0.05) is 206 Å². The molecule has 9 nitrogen and oxygen atoms in total. The molecule has 15 aromatic carbocycles. The van der Waals surface area contributed by atoms with E-state index in [0.29, 0.717) is 0 Å². The Kier molecular flexibility index (Phi) is 12.9. The largest absolute Gasteiger partial charge is 0.456 e. The Bertz CT molecular complexity index is 7590. The number of furan rings is 6. The van der Waals surface area contributed by atoms with Crippen LogP contribution < -0.4 is 0 Å². The zero-order chi connectivity index (χ0) is 68.8. The number of fused-ring (bicyclic) bond motifs is 24. The molecule has 9 aromatic heterocycles. The second-order valence-electron chi connectivity index (χ2n) is 26.8. The number of hydrogen-bond acceptors (Lipinski definition) is 6. The molecule has 0 aliphatic rings. The molecule has 0 aliphatic carbocycles. The van der Waals surface area contributed by atoms with Crippen molar-refractivity contribution in [3.63, 3.8) is 0 Å². The van der Waals surface area contributed by atoms with E-state index in [1.54, 1.807) is 0 Å². The summed E-state index contributed by atoms with van der Waals surface area (Å²) in [7, 11) is 0. The highest BCUT2D eigenvalue weighted by molar-refractivity contribution is 6.25. The summed E-state index contributed by atoms with van der Waals surface area (Å²) in [6, 6.07) is 120. The Hall–Kier alpha value is -14.3. The summed E-state index contributed by atoms with van der Waals surface area (Å²) in [5.74, 6) is 0. The Balaban J connectivity index is 0.0000000986. The summed E-state index contributed by atoms with van der Waals surface area (Å²) in [6.45, 7) is 0. The maximum atomic E-state index is 6.57. The van der Waals surface area contributed by atoms with Gasteiger partial charge in [0.25, 0.3) is 0 Å². The Morgan fingerprint density at radius 2 is 0.476 bits per heavy atom. The summed E-state index contributed by atoms with van der Waals surface area (Å²) in [4.78, 5) is 0. The van der Waals surface area contributed by atoms with Crippen molar-refractivity contribution < 1.29 is 26.5 Å². The molecule has 0 atom stereocenters. The van der Waals surface area contributed by atoms with Gasteiger partial charge in [0.2, 0.25) is 0 Å². The van der Waals surface area contributed by atoms with Crippen molar-refractivity contribution in [3.05, 3.63) is 346 Å². The zero-order valence-corrected chi connectivity index (χ0v) is 56.2. The smallest absolute Gasteiger partial charge is 0.161 e. The standard InChI is InChI=1S/3C32H19NO2/c1-2-10-20(11-3-1)33-25-16-6-4-12-23(25)32-31(33)30-22(15-9-19-28(30)35-32)21-14-8-18-27-29(21)24-13-5-7-17-26(24)34-27;1-2-9-21(10-3-1)33-26-14-6-4-12-25(26)32-31(33)30-22(13-8-16-28(30)35-32)20-17-18-24-23-11-5-7-15-27(23)34-29(24)19-20;1-2-9-21(10-3-1)33-26-14-6-4-12-24(26)32-31(33)30-22(13-8-16-29(30)35-32)20-17-18-28-25(19-20)23-11-5-7-15-27(23)34-28/h3*1-19H. The van der Waals surface area contributed by atoms with Crippen LogP contribution in [-0.2, 0) is 0 Å². The van der Waals surface area contributed by atoms with Crippen LogP contribution in [0.2, 0.25) is 0 Å². The van der Waals surface area contributed by atoms with Crippen molar-refractivity contribution in [1.29, 1.82) is 0 Å². The molecule has 0 unspecified atom stereocenters. The minimum absolute atomic E-state index is 0.882. The molecule has 492 valence electrons. The number of nitrogens with zero attached hydrogens (tertiary/aromatic N) is 3. The quantitative estimate of drug-likeness (QED) is 0.165. The van der Waals surface area contributed by atoms with E-state index in [1.165, 1.54) is 0 Å². The summed E-state index contributed by atoms with van der Waals surface area (Å²) in [6.07, 6.45) is 0. The molecule has 0 N–H and O–H groups in total. The van der Waals surface area contributed by atoms with Crippen LogP contribution >= 0.6 is 0 Å². The molecular formula is C96H57N3O6. The first kappa shape index (κ1) is 58.5. The first-order valence-corrected chi connectivity index (χ1v) is 35.4. The van der Waals surface area contributed by atoms with Gasteiger partial charge in [0.05, 0.1) is 32.7 Å².